The number of aromatic nitrogens is 1. The number of amides is 1. The van der Waals surface area contributed by atoms with Gasteiger partial charge in [-0.15, -0.1) is 11.3 Å². The Morgan fingerprint density at radius 3 is 2.74 bits per heavy atom. The van der Waals surface area contributed by atoms with E-state index in [2.05, 4.69) is 4.98 Å². The summed E-state index contributed by atoms with van der Waals surface area (Å²) in [7, 11) is 0. The number of thiazole rings is 1. The Morgan fingerprint density at radius 2 is 2.00 bits per heavy atom. The van der Waals surface area contributed by atoms with Gasteiger partial charge in [-0.25, -0.2) is 13.8 Å². The summed E-state index contributed by atoms with van der Waals surface area (Å²) in [6.07, 6.45) is -0.394. The summed E-state index contributed by atoms with van der Waals surface area (Å²) < 4.78 is 40.4. The molecule has 1 fully saturated rings. The molecule has 3 aromatic rings. The van der Waals surface area contributed by atoms with Gasteiger partial charge in [-0.3, -0.25) is 9.59 Å². The molecule has 1 atom stereocenters. The van der Waals surface area contributed by atoms with Crippen molar-refractivity contribution in [1.29, 1.82) is 0 Å². The minimum absolute atomic E-state index is 0.0338. The maximum atomic E-state index is 14.3. The number of halogens is 2. The van der Waals surface area contributed by atoms with E-state index in [0.29, 0.717) is 12.1 Å². The highest BCUT2D eigenvalue weighted by atomic mass is 32.1. The maximum absolute atomic E-state index is 14.3. The van der Waals surface area contributed by atoms with Crippen LogP contribution >= 0.6 is 11.3 Å². The van der Waals surface area contributed by atoms with Crippen LogP contribution in [0.25, 0.3) is 10.2 Å². The van der Waals surface area contributed by atoms with E-state index in [0.717, 1.165) is 22.3 Å². The van der Waals surface area contributed by atoms with Crippen LogP contribution in [0.15, 0.2) is 35.8 Å². The standard InChI is InChI=1S/C22H20F2N2O4S/c1-2-19(27)14-7-16(23)21(17(24)8-14)30-11-15-10-26(5-6-29-15)22(28)13-3-4-18-20(9-13)31-12-25-18/h3-4,7-9,12,15H,2,5-6,10-11H2,1H3. The molecule has 1 aliphatic rings. The molecule has 4 rings (SSSR count). The quantitative estimate of drug-likeness (QED) is 0.534. The van der Waals surface area contributed by atoms with Gasteiger partial charge in [0, 0.05) is 24.1 Å². The molecule has 2 aromatic carbocycles. The number of hydrogen-bond acceptors (Lipinski definition) is 6. The van der Waals surface area contributed by atoms with E-state index in [1.807, 2.05) is 0 Å². The van der Waals surface area contributed by atoms with E-state index in [1.54, 1.807) is 35.5 Å². The van der Waals surface area contributed by atoms with Crippen molar-refractivity contribution >= 4 is 33.2 Å². The molecule has 1 aromatic heterocycles. The molecule has 1 aliphatic heterocycles. The van der Waals surface area contributed by atoms with Crippen molar-refractivity contribution in [1.82, 2.24) is 9.88 Å². The predicted octanol–water partition coefficient (Wildman–Crippen LogP) is 4.09. The van der Waals surface area contributed by atoms with E-state index in [4.69, 9.17) is 9.47 Å². The number of rotatable bonds is 6. The first-order chi connectivity index (χ1) is 15.0. The second-order valence-electron chi connectivity index (χ2n) is 7.14. The molecule has 2 heterocycles. The number of nitrogens with zero attached hydrogens (tertiary/aromatic N) is 2. The fraction of sp³-hybridized carbons (Fsp3) is 0.318. The highest BCUT2D eigenvalue weighted by molar-refractivity contribution is 7.16. The Bertz CT molecular complexity index is 1110. The van der Waals surface area contributed by atoms with Gasteiger partial charge in [-0.05, 0) is 30.3 Å². The largest absolute Gasteiger partial charge is 0.485 e. The van der Waals surface area contributed by atoms with Crippen LogP contribution in [0.2, 0.25) is 0 Å². The van der Waals surface area contributed by atoms with Gasteiger partial charge in [0.25, 0.3) is 5.91 Å². The van der Waals surface area contributed by atoms with Gasteiger partial charge in [-0.2, -0.15) is 0 Å². The van der Waals surface area contributed by atoms with Gasteiger partial charge in [0.2, 0.25) is 0 Å². The number of hydrogen-bond donors (Lipinski definition) is 0. The van der Waals surface area contributed by atoms with Crippen molar-refractivity contribution in [2.75, 3.05) is 26.3 Å². The van der Waals surface area contributed by atoms with Gasteiger partial charge in [0.15, 0.2) is 23.2 Å². The molecule has 0 bridgehead atoms. The van der Waals surface area contributed by atoms with Crippen molar-refractivity contribution in [3.63, 3.8) is 0 Å². The molecule has 1 saturated heterocycles. The molecule has 0 spiro atoms. The van der Waals surface area contributed by atoms with Crippen molar-refractivity contribution < 1.29 is 27.8 Å². The summed E-state index contributed by atoms with van der Waals surface area (Å²) in [5.74, 6) is -2.96. The molecule has 31 heavy (non-hydrogen) atoms. The van der Waals surface area contributed by atoms with Crippen LogP contribution < -0.4 is 4.74 Å². The minimum Gasteiger partial charge on any atom is -0.485 e. The molecular formula is C22H20F2N2O4S. The molecular weight excluding hydrogens is 426 g/mol. The third-order valence-electron chi connectivity index (χ3n) is 5.06. The summed E-state index contributed by atoms with van der Waals surface area (Å²) >= 11 is 1.46. The molecule has 162 valence electrons. The third kappa shape index (κ3) is 4.57. The monoisotopic (exact) mass is 446 g/mol. The number of carbonyl (C=O) groups excluding carboxylic acids is 2. The van der Waals surface area contributed by atoms with E-state index in [1.165, 1.54) is 11.3 Å². The molecule has 1 unspecified atom stereocenters. The van der Waals surface area contributed by atoms with Crippen LogP contribution in [0.4, 0.5) is 8.78 Å². The first kappa shape index (κ1) is 21.3. The van der Waals surface area contributed by atoms with E-state index >= 15 is 0 Å². The van der Waals surface area contributed by atoms with E-state index in [-0.39, 0.29) is 43.4 Å². The van der Waals surface area contributed by atoms with Gasteiger partial charge in [-0.1, -0.05) is 6.92 Å². The van der Waals surface area contributed by atoms with Gasteiger partial charge < -0.3 is 14.4 Å². The highest BCUT2D eigenvalue weighted by Gasteiger charge is 2.27. The summed E-state index contributed by atoms with van der Waals surface area (Å²) in [5.41, 5.74) is 3.08. The molecule has 0 aliphatic carbocycles. The number of morpholine rings is 1. The number of benzene rings is 2. The molecule has 9 heteroatoms. The Hall–Kier alpha value is -2.91. The molecule has 6 nitrogen and oxygen atoms in total. The summed E-state index contributed by atoms with van der Waals surface area (Å²) in [6, 6.07) is 7.28. The predicted molar refractivity (Wildman–Crippen MR) is 112 cm³/mol. The van der Waals surface area contributed by atoms with Crippen LogP contribution in [0.3, 0.4) is 0 Å². The number of carbonyl (C=O) groups is 2. The van der Waals surface area contributed by atoms with Gasteiger partial charge in [0.1, 0.15) is 12.7 Å². The summed E-state index contributed by atoms with van der Waals surface area (Å²) in [6.45, 7) is 2.41. The Labute approximate surface area is 181 Å². The minimum atomic E-state index is -0.946. The lowest BCUT2D eigenvalue weighted by atomic mass is 10.1. The zero-order valence-electron chi connectivity index (χ0n) is 16.8. The fourth-order valence-electron chi connectivity index (χ4n) is 3.41. The SMILES string of the molecule is CCC(=O)c1cc(F)c(OCC2CN(C(=O)c3ccc4ncsc4c3)CCO2)c(F)c1. The number of fused-ring (bicyclic) bond motifs is 1. The number of ether oxygens (including phenoxy) is 2. The second-order valence-corrected chi connectivity index (χ2v) is 8.02. The normalized spacial score (nSPS) is 16.5. The lowest BCUT2D eigenvalue weighted by Crippen LogP contribution is -2.47. The lowest BCUT2D eigenvalue weighted by molar-refractivity contribution is -0.0410. The first-order valence-electron chi connectivity index (χ1n) is 9.85. The molecule has 0 N–H and O–H groups in total. The van der Waals surface area contributed by atoms with Gasteiger partial charge in [0.05, 0.1) is 28.9 Å². The van der Waals surface area contributed by atoms with E-state index < -0.39 is 23.5 Å². The van der Waals surface area contributed by atoms with Crippen LogP contribution in [-0.2, 0) is 4.74 Å². The smallest absolute Gasteiger partial charge is 0.254 e. The lowest BCUT2D eigenvalue weighted by Gasteiger charge is -2.33. The summed E-state index contributed by atoms with van der Waals surface area (Å²) in [5, 5.41) is 0. The van der Waals surface area contributed by atoms with Crippen molar-refractivity contribution in [2.24, 2.45) is 0 Å². The Morgan fingerprint density at radius 1 is 1.23 bits per heavy atom. The Balaban J connectivity index is 1.41. The zero-order valence-corrected chi connectivity index (χ0v) is 17.6. The van der Waals surface area contributed by atoms with Crippen molar-refractivity contribution in [2.45, 2.75) is 19.4 Å². The summed E-state index contributed by atoms with van der Waals surface area (Å²) in [4.78, 5) is 30.4. The molecule has 1 amide bonds. The highest BCUT2D eigenvalue weighted by Crippen LogP contribution is 2.25. The van der Waals surface area contributed by atoms with E-state index in [9.17, 15) is 18.4 Å². The van der Waals surface area contributed by atoms with Crippen LogP contribution in [0.5, 0.6) is 5.75 Å². The van der Waals surface area contributed by atoms with Crippen LogP contribution in [-0.4, -0.2) is 54.0 Å². The molecule has 0 radical (unpaired) electrons. The molecule has 0 saturated carbocycles. The van der Waals surface area contributed by atoms with Crippen LogP contribution in [0, 0.1) is 11.6 Å². The average molecular weight is 446 g/mol. The fourth-order valence-corrected chi connectivity index (χ4v) is 4.13. The van der Waals surface area contributed by atoms with Crippen LogP contribution in [0.1, 0.15) is 34.1 Å². The number of Topliss-reactive ketones (excluding diaryl/α,β-unsaturated/α-hetero) is 1. The first-order valence-corrected chi connectivity index (χ1v) is 10.7. The third-order valence-corrected chi connectivity index (χ3v) is 5.85. The zero-order chi connectivity index (χ0) is 22.0. The topological polar surface area (TPSA) is 68.7 Å². The van der Waals surface area contributed by atoms with Crippen molar-refractivity contribution in [3.05, 3.63) is 58.6 Å². The maximum Gasteiger partial charge on any atom is 0.254 e. The van der Waals surface area contributed by atoms with Gasteiger partial charge >= 0.3 is 0 Å². The number of ketones is 1. The van der Waals surface area contributed by atoms with Crippen molar-refractivity contribution in [3.8, 4) is 5.75 Å². The second kappa shape index (κ2) is 9.07. The average Bonchev–Trinajstić information content (AvgIpc) is 3.25. The Kier molecular flexibility index (Phi) is 6.24.